The smallest absolute Gasteiger partial charge is 0.397 e. The second-order valence-corrected chi connectivity index (χ2v) is 19.1. The van der Waals surface area contributed by atoms with Gasteiger partial charge in [-0.1, -0.05) is 211 Å². The fraction of sp³-hybridized carbons (Fsp3) is 0.865. The quantitative estimate of drug-likeness (QED) is 0.0197. The maximum atomic E-state index is 12.9. The number of aliphatic hydroxyl groups excluding tert-OH is 3. The van der Waals surface area contributed by atoms with Gasteiger partial charge in [0.2, 0.25) is 0 Å². The van der Waals surface area contributed by atoms with Crippen molar-refractivity contribution in [3.63, 3.8) is 0 Å². The van der Waals surface area contributed by atoms with Gasteiger partial charge in [-0.3, -0.25) is 9.35 Å². The van der Waals surface area contributed by atoms with Crippen molar-refractivity contribution in [2.24, 2.45) is 0 Å². The van der Waals surface area contributed by atoms with Gasteiger partial charge in [-0.25, -0.2) is 4.18 Å². The van der Waals surface area contributed by atoms with Gasteiger partial charge in [-0.15, -0.1) is 0 Å². The molecule has 0 aromatic carbocycles. The van der Waals surface area contributed by atoms with Crippen LogP contribution < -0.4 is 0 Å². The Hall–Kier alpha value is -1.68. The number of rotatable bonds is 46. The van der Waals surface area contributed by atoms with Gasteiger partial charge in [-0.05, 0) is 44.9 Å². The van der Waals surface area contributed by atoms with E-state index in [1.54, 1.807) is 0 Å². The number of unbranched alkanes of at least 4 members (excludes halogenated alkanes) is 27. The van der Waals surface area contributed by atoms with E-state index in [9.17, 15) is 33.1 Å². The molecule has 0 amide bonds. The van der Waals surface area contributed by atoms with Gasteiger partial charge in [0.15, 0.2) is 6.29 Å². The highest BCUT2D eigenvalue weighted by Gasteiger charge is 2.48. The van der Waals surface area contributed by atoms with Crippen molar-refractivity contribution in [3.05, 3.63) is 36.5 Å². The summed E-state index contributed by atoms with van der Waals surface area (Å²) in [5, 5.41) is 30.8. The number of allylic oxidation sites excluding steroid dienone is 6. The Labute approximate surface area is 396 Å². The molecule has 0 aliphatic carbocycles. The highest BCUT2D eigenvalue weighted by molar-refractivity contribution is 7.80. The number of carbonyl (C=O) groups is 1. The van der Waals surface area contributed by atoms with Crippen LogP contribution in [0.4, 0.5) is 0 Å². The molecule has 1 heterocycles. The van der Waals surface area contributed by atoms with Crippen LogP contribution >= 0.6 is 0 Å². The van der Waals surface area contributed by atoms with E-state index in [4.69, 9.17) is 18.9 Å². The van der Waals surface area contributed by atoms with E-state index in [2.05, 4.69) is 54.5 Å². The van der Waals surface area contributed by atoms with Gasteiger partial charge in [0.25, 0.3) is 0 Å². The van der Waals surface area contributed by atoms with Crippen LogP contribution in [-0.2, 0) is 38.3 Å². The summed E-state index contributed by atoms with van der Waals surface area (Å²) < 4.78 is 59.3. The highest BCUT2D eigenvalue weighted by Crippen LogP contribution is 2.26. The van der Waals surface area contributed by atoms with Crippen molar-refractivity contribution in [2.75, 3.05) is 26.4 Å². The first-order valence-electron chi connectivity index (χ1n) is 26.2. The maximum Gasteiger partial charge on any atom is 0.397 e. The summed E-state index contributed by atoms with van der Waals surface area (Å²) in [5.41, 5.74) is 0. The number of hydrogen-bond donors (Lipinski definition) is 4. The van der Waals surface area contributed by atoms with Crippen LogP contribution in [-0.4, -0.2) is 97.5 Å². The van der Waals surface area contributed by atoms with Crippen LogP contribution in [0.15, 0.2) is 36.5 Å². The predicted octanol–water partition coefficient (Wildman–Crippen LogP) is 12.1. The number of esters is 1. The topological polar surface area (TPSA) is 178 Å². The SMILES string of the molecule is CC/C=C\C/C=C\C/C=C\CCCCCCCCCCOCC(COC1OC(CO)C(O)C(OS(=O)(=O)O)C1O)OC(=O)CCCCCCCCCCCCCCCCCCCCCC. The Morgan fingerprint density at radius 2 is 1.06 bits per heavy atom. The second kappa shape index (κ2) is 43.6. The third-order valence-corrected chi connectivity index (χ3v) is 12.5. The van der Waals surface area contributed by atoms with Gasteiger partial charge >= 0.3 is 16.4 Å². The average molecular weight is 945 g/mol. The third kappa shape index (κ3) is 37.0. The normalized spacial score (nSPS) is 19.9. The van der Waals surface area contributed by atoms with E-state index < -0.39 is 59.8 Å². The van der Waals surface area contributed by atoms with Crippen LogP contribution in [0.2, 0.25) is 0 Å². The van der Waals surface area contributed by atoms with Crippen LogP contribution in [0.5, 0.6) is 0 Å². The Morgan fingerprint density at radius 3 is 1.55 bits per heavy atom. The summed E-state index contributed by atoms with van der Waals surface area (Å²) in [6, 6.07) is 0. The zero-order chi connectivity index (χ0) is 47.5. The summed E-state index contributed by atoms with van der Waals surface area (Å²) in [6.45, 7) is 3.90. The zero-order valence-corrected chi connectivity index (χ0v) is 41.9. The average Bonchev–Trinajstić information content (AvgIpc) is 3.28. The Morgan fingerprint density at radius 1 is 0.600 bits per heavy atom. The predicted molar refractivity (Wildman–Crippen MR) is 262 cm³/mol. The lowest BCUT2D eigenvalue weighted by molar-refractivity contribution is -0.301. The lowest BCUT2D eigenvalue weighted by Gasteiger charge is -2.41. The second-order valence-electron chi connectivity index (χ2n) is 18.1. The molecule has 6 unspecified atom stereocenters. The molecule has 0 saturated carbocycles. The van der Waals surface area contributed by atoms with E-state index in [-0.39, 0.29) is 19.6 Å². The summed E-state index contributed by atoms with van der Waals surface area (Å²) in [6.07, 6.45) is 43.2. The summed E-state index contributed by atoms with van der Waals surface area (Å²) >= 11 is 0. The molecule has 1 aliphatic heterocycles. The van der Waals surface area contributed by atoms with Gasteiger partial charge < -0.3 is 34.3 Å². The molecule has 382 valence electrons. The van der Waals surface area contributed by atoms with Crippen LogP contribution in [0.25, 0.3) is 0 Å². The minimum absolute atomic E-state index is 0.0336. The van der Waals surface area contributed by atoms with E-state index in [0.29, 0.717) is 13.0 Å². The molecule has 0 spiro atoms. The lowest BCUT2D eigenvalue weighted by atomic mass is 9.99. The Kier molecular flexibility index (Phi) is 41.1. The summed E-state index contributed by atoms with van der Waals surface area (Å²) in [4.78, 5) is 12.9. The molecule has 12 nitrogen and oxygen atoms in total. The molecule has 0 bridgehead atoms. The maximum absolute atomic E-state index is 12.9. The molecule has 1 rings (SSSR count). The van der Waals surface area contributed by atoms with E-state index >= 15 is 0 Å². The molecule has 1 saturated heterocycles. The Balaban J connectivity index is 2.34. The first-order valence-corrected chi connectivity index (χ1v) is 27.6. The van der Waals surface area contributed by atoms with Crippen molar-refractivity contribution in [1.29, 1.82) is 0 Å². The highest BCUT2D eigenvalue weighted by atomic mass is 32.3. The van der Waals surface area contributed by atoms with E-state index in [1.807, 2.05) is 0 Å². The molecule has 1 aliphatic rings. The van der Waals surface area contributed by atoms with Gasteiger partial charge in [-0.2, -0.15) is 8.42 Å². The van der Waals surface area contributed by atoms with Crippen molar-refractivity contribution in [2.45, 2.75) is 263 Å². The van der Waals surface area contributed by atoms with Crippen LogP contribution in [0, 0.1) is 0 Å². The first kappa shape index (κ1) is 61.3. The molecular weight excluding hydrogens is 849 g/mol. The van der Waals surface area contributed by atoms with Gasteiger partial charge in [0.1, 0.15) is 30.5 Å². The van der Waals surface area contributed by atoms with Crippen molar-refractivity contribution < 1.29 is 56.2 Å². The van der Waals surface area contributed by atoms with Crippen molar-refractivity contribution in [1.82, 2.24) is 0 Å². The molecule has 6 atom stereocenters. The van der Waals surface area contributed by atoms with E-state index in [1.165, 1.54) is 135 Å². The number of aliphatic hydroxyl groups is 3. The number of ether oxygens (including phenoxy) is 4. The Bertz CT molecular complexity index is 1270. The monoisotopic (exact) mass is 945 g/mol. The zero-order valence-electron chi connectivity index (χ0n) is 41.1. The van der Waals surface area contributed by atoms with Crippen molar-refractivity contribution >= 4 is 16.4 Å². The minimum atomic E-state index is -5.06. The van der Waals surface area contributed by atoms with Crippen LogP contribution in [0.1, 0.15) is 226 Å². The van der Waals surface area contributed by atoms with Crippen LogP contribution in [0.3, 0.4) is 0 Å². The minimum Gasteiger partial charge on any atom is -0.457 e. The van der Waals surface area contributed by atoms with E-state index in [0.717, 1.165) is 64.2 Å². The van der Waals surface area contributed by atoms with Gasteiger partial charge in [0.05, 0.1) is 19.8 Å². The molecular formula is C52H96O12S. The van der Waals surface area contributed by atoms with Crippen molar-refractivity contribution in [3.8, 4) is 0 Å². The number of carbonyl (C=O) groups excluding carboxylic acids is 1. The fourth-order valence-corrected chi connectivity index (χ4v) is 8.61. The standard InChI is InChI=1S/C52H96O12S/c1-3-5-7-9-11-13-15-17-19-21-23-24-25-27-29-31-33-35-37-39-41-48(54)62-46(45-61-52-50(56)51(64-65(57,58)59)49(55)47(43-53)63-52)44-60-42-40-38-36-34-32-30-28-26-22-20-18-16-14-12-10-8-6-4-2/h6,8,12,14,18,20,46-47,49-53,55-56H,3-5,7,9-11,13,15-17,19,21-45H2,1-2H3,(H,57,58,59)/b8-6-,14-12-,20-18-. The first-order chi connectivity index (χ1) is 31.6. The lowest BCUT2D eigenvalue weighted by Crippen LogP contribution is -2.60. The summed E-state index contributed by atoms with van der Waals surface area (Å²) in [7, 11) is -5.06. The molecule has 4 N–H and O–H groups in total. The fourth-order valence-electron chi connectivity index (χ4n) is 8.10. The molecule has 0 aromatic heterocycles. The third-order valence-electron chi connectivity index (χ3n) is 12.0. The molecule has 0 radical (unpaired) electrons. The molecule has 0 aromatic rings. The van der Waals surface area contributed by atoms with Gasteiger partial charge in [0, 0.05) is 13.0 Å². The summed E-state index contributed by atoms with van der Waals surface area (Å²) in [5.74, 6) is -0.398. The molecule has 65 heavy (non-hydrogen) atoms. The largest absolute Gasteiger partial charge is 0.457 e. The molecule has 1 fully saturated rings. The molecule has 13 heteroatoms. The number of hydrogen-bond acceptors (Lipinski definition) is 11.